The molecule has 0 spiro atoms. The molecule has 1 fully saturated rings. The van der Waals surface area contributed by atoms with Crippen molar-refractivity contribution in [2.24, 2.45) is 17.6 Å². The number of nitrogens with zero attached hydrogens (tertiary/aromatic N) is 2. The lowest BCUT2D eigenvalue weighted by molar-refractivity contribution is -0.118. The molecule has 1 saturated heterocycles. The van der Waals surface area contributed by atoms with E-state index in [9.17, 15) is 22.8 Å². The molecule has 1 aromatic heterocycles. The van der Waals surface area contributed by atoms with Crippen LogP contribution in [0.5, 0.6) is 0 Å². The molecule has 2 heterocycles. The number of pyridine rings is 1. The fraction of sp³-hybridized carbons (Fsp3) is 0.321. The van der Waals surface area contributed by atoms with E-state index in [4.69, 9.17) is 5.73 Å². The van der Waals surface area contributed by atoms with Crippen molar-refractivity contribution in [2.75, 3.05) is 28.6 Å². The number of piperidine rings is 1. The zero-order valence-corrected chi connectivity index (χ0v) is 24.1. The molecule has 4 N–H and O–H groups in total. The first-order valence-electron chi connectivity index (χ1n) is 12.5. The fourth-order valence-electron chi connectivity index (χ4n) is 4.67. The van der Waals surface area contributed by atoms with Crippen LogP contribution in [0.1, 0.15) is 37.6 Å². The van der Waals surface area contributed by atoms with Crippen LogP contribution in [0.25, 0.3) is 11.1 Å². The molecular weight excluding hydrogens is 585 g/mol. The van der Waals surface area contributed by atoms with E-state index in [-0.39, 0.29) is 42.2 Å². The number of aromatic nitrogens is 1. The minimum Gasteiger partial charge on any atom is -0.368 e. The molecule has 2 atom stereocenters. The van der Waals surface area contributed by atoms with Gasteiger partial charge in [-0.3, -0.25) is 14.6 Å². The number of hydrogen-bond donors (Lipinski definition) is 3. The molecule has 7 nitrogen and oxygen atoms in total. The molecule has 13 heteroatoms. The van der Waals surface area contributed by atoms with Gasteiger partial charge in [0.25, 0.3) is 5.91 Å². The van der Waals surface area contributed by atoms with Gasteiger partial charge in [0.15, 0.2) is 0 Å². The molecule has 0 aliphatic carbocycles. The van der Waals surface area contributed by atoms with Gasteiger partial charge in [0.1, 0.15) is 23.3 Å². The third-order valence-electron chi connectivity index (χ3n) is 6.50. The number of benzene rings is 2. The highest BCUT2D eigenvalue weighted by atomic mass is 35.5. The molecule has 1 aliphatic heterocycles. The second-order valence-corrected chi connectivity index (χ2v) is 10.1. The van der Waals surface area contributed by atoms with Crippen molar-refractivity contribution >= 4 is 53.7 Å². The summed E-state index contributed by atoms with van der Waals surface area (Å²) in [4.78, 5) is 31.0. The van der Waals surface area contributed by atoms with Crippen LogP contribution in [-0.4, -0.2) is 35.9 Å². The Kier molecular flexibility index (Phi) is 11.5. The molecule has 0 unspecified atom stereocenters. The highest BCUT2D eigenvalue weighted by Crippen LogP contribution is 2.35. The molecule has 222 valence electrons. The largest absolute Gasteiger partial charge is 0.368 e. The van der Waals surface area contributed by atoms with E-state index in [1.807, 2.05) is 4.90 Å². The second kappa shape index (κ2) is 14.0. The van der Waals surface area contributed by atoms with Crippen LogP contribution in [0.4, 0.5) is 34.6 Å². The summed E-state index contributed by atoms with van der Waals surface area (Å²) in [6.07, 6.45) is 3.79. The summed E-state index contributed by atoms with van der Waals surface area (Å²) in [5.74, 6) is -6.94. The van der Waals surface area contributed by atoms with E-state index in [0.29, 0.717) is 24.7 Å². The zero-order chi connectivity index (χ0) is 28.4. The van der Waals surface area contributed by atoms with Gasteiger partial charge in [-0.25, -0.2) is 17.6 Å². The Hall–Kier alpha value is -3.41. The van der Waals surface area contributed by atoms with Crippen molar-refractivity contribution in [2.45, 2.75) is 33.2 Å². The number of rotatable bonds is 6. The maximum absolute atomic E-state index is 15.6. The Labute approximate surface area is 247 Å². The Morgan fingerprint density at radius 3 is 2.24 bits per heavy atom. The standard InChI is InChI=1S/C28H29F4N5O2.2ClH/c1-14(2)27(38)35-17-9-20(30)24(21(31)10-17)25-19(29)5-4-18(26(25)32)28(39)36-22-11-34-7-6-23(22)37-12-15(3)8-16(33)13-37;;/h4-7,9-11,14-16H,8,12-13,33H2,1-3H3,(H,35,38)(H,36,39);2*1H/t15-,16+;;/m1../s1. The second-order valence-electron chi connectivity index (χ2n) is 10.1. The van der Waals surface area contributed by atoms with Gasteiger partial charge in [-0.1, -0.05) is 20.8 Å². The van der Waals surface area contributed by atoms with Crippen molar-refractivity contribution in [3.63, 3.8) is 0 Å². The monoisotopic (exact) mass is 615 g/mol. The Bertz CT molecular complexity index is 1390. The van der Waals surface area contributed by atoms with Crippen molar-refractivity contribution in [3.8, 4) is 11.1 Å². The molecule has 2 amide bonds. The van der Waals surface area contributed by atoms with E-state index in [2.05, 4.69) is 22.5 Å². The number of halogens is 6. The molecule has 1 aliphatic rings. The van der Waals surface area contributed by atoms with Gasteiger partial charge in [0.05, 0.1) is 34.3 Å². The van der Waals surface area contributed by atoms with Crippen LogP contribution in [0, 0.1) is 35.1 Å². The topological polar surface area (TPSA) is 100 Å². The molecule has 3 aromatic rings. The number of carbonyl (C=O) groups excluding carboxylic acids is 2. The maximum Gasteiger partial charge on any atom is 0.258 e. The zero-order valence-electron chi connectivity index (χ0n) is 22.5. The highest BCUT2D eigenvalue weighted by molar-refractivity contribution is 6.06. The van der Waals surface area contributed by atoms with Crippen LogP contribution in [0.2, 0.25) is 0 Å². The Morgan fingerprint density at radius 1 is 0.976 bits per heavy atom. The van der Waals surface area contributed by atoms with E-state index in [0.717, 1.165) is 30.7 Å². The number of anilines is 3. The van der Waals surface area contributed by atoms with Crippen LogP contribution in [0.15, 0.2) is 42.7 Å². The van der Waals surface area contributed by atoms with Gasteiger partial charge in [0, 0.05) is 36.9 Å². The maximum atomic E-state index is 15.6. The van der Waals surface area contributed by atoms with Gasteiger partial charge < -0.3 is 21.3 Å². The molecule has 0 bridgehead atoms. The van der Waals surface area contributed by atoms with Crippen molar-refractivity contribution in [1.29, 1.82) is 0 Å². The first-order valence-corrected chi connectivity index (χ1v) is 12.5. The van der Waals surface area contributed by atoms with Crippen molar-refractivity contribution in [1.82, 2.24) is 4.98 Å². The van der Waals surface area contributed by atoms with Gasteiger partial charge in [-0.2, -0.15) is 0 Å². The van der Waals surface area contributed by atoms with E-state index >= 15 is 4.39 Å². The molecule has 41 heavy (non-hydrogen) atoms. The summed E-state index contributed by atoms with van der Waals surface area (Å²) in [6, 6.07) is 4.80. The normalized spacial score (nSPS) is 16.5. The third-order valence-corrected chi connectivity index (χ3v) is 6.50. The first-order chi connectivity index (χ1) is 18.5. The summed E-state index contributed by atoms with van der Waals surface area (Å²) >= 11 is 0. The molecule has 0 saturated carbocycles. The molecule has 4 rings (SSSR count). The summed E-state index contributed by atoms with van der Waals surface area (Å²) in [5, 5.41) is 4.92. The number of amides is 2. The molecular formula is C28H31Cl2F4N5O2. The highest BCUT2D eigenvalue weighted by Gasteiger charge is 2.28. The molecule has 2 aromatic carbocycles. The van der Waals surface area contributed by atoms with Crippen LogP contribution < -0.4 is 21.3 Å². The average molecular weight is 616 g/mol. The van der Waals surface area contributed by atoms with Crippen molar-refractivity contribution < 1.29 is 27.2 Å². The Morgan fingerprint density at radius 2 is 1.63 bits per heavy atom. The number of nitrogens with two attached hydrogens (primary N) is 1. The summed E-state index contributed by atoms with van der Waals surface area (Å²) in [7, 11) is 0. The lowest BCUT2D eigenvalue weighted by Gasteiger charge is -2.37. The molecule has 0 radical (unpaired) electrons. The quantitative estimate of drug-likeness (QED) is 0.288. The number of carbonyl (C=O) groups is 2. The lowest BCUT2D eigenvalue weighted by atomic mass is 9.96. The average Bonchev–Trinajstić information content (AvgIpc) is 2.85. The lowest BCUT2D eigenvalue weighted by Crippen LogP contribution is -2.46. The van der Waals surface area contributed by atoms with E-state index < -0.39 is 57.7 Å². The van der Waals surface area contributed by atoms with E-state index in [1.165, 1.54) is 6.20 Å². The van der Waals surface area contributed by atoms with Gasteiger partial charge in [-0.15, -0.1) is 24.8 Å². The van der Waals surface area contributed by atoms with Crippen molar-refractivity contribution in [3.05, 3.63) is 71.6 Å². The summed E-state index contributed by atoms with van der Waals surface area (Å²) in [6.45, 7) is 6.46. The summed E-state index contributed by atoms with van der Waals surface area (Å²) in [5.41, 5.74) is 4.19. The minimum absolute atomic E-state index is 0. The SMILES string of the molecule is CC(C)C(=O)Nc1cc(F)c(-c2c(F)ccc(C(=O)Nc3cnccc3N3C[C@H](C)C[C@H](N)C3)c2F)c(F)c1.Cl.Cl. The van der Waals surface area contributed by atoms with Crippen LogP contribution in [-0.2, 0) is 4.79 Å². The minimum atomic E-state index is -1.44. The number of hydrogen-bond acceptors (Lipinski definition) is 5. The predicted molar refractivity (Wildman–Crippen MR) is 156 cm³/mol. The van der Waals surface area contributed by atoms with Crippen LogP contribution >= 0.6 is 24.8 Å². The predicted octanol–water partition coefficient (Wildman–Crippen LogP) is 6.17. The van der Waals surface area contributed by atoms with E-state index in [1.54, 1.807) is 26.1 Å². The third kappa shape index (κ3) is 7.46. The van der Waals surface area contributed by atoms with Gasteiger partial charge in [-0.05, 0) is 42.7 Å². The smallest absolute Gasteiger partial charge is 0.258 e. The Balaban J connectivity index is 0.00000294. The van der Waals surface area contributed by atoms with Crippen LogP contribution in [0.3, 0.4) is 0 Å². The number of nitrogens with one attached hydrogen (secondary N) is 2. The summed E-state index contributed by atoms with van der Waals surface area (Å²) < 4.78 is 60.2. The van der Waals surface area contributed by atoms with Gasteiger partial charge >= 0.3 is 0 Å². The first kappa shape index (κ1) is 33.8. The fourth-order valence-corrected chi connectivity index (χ4v) is 4.67. The van der Waals surface area contributed by atoms with Gasteiger partial charge in [0.2, 0.25) is 5.91 Å².